The van der Waals surface area contributed by atoms with Gasteiger partial charge in [0, 0.05) is 25.7 Å². The first-order valence-electron chi connectivity index (χ1n) is 6.31. The van der Waals surface area contributed by atoms with Gasteiger partial charge in [-0.05, 0) is 11.6 Å². The van der Waals surface area contributed by atoms with Gasteiger partial charge in [0.2, 0.25) is 5.78 Å². The highest BCUT2D eigenvalue weighted by Gasteiger charge is 2.22. The summed E-state index contributed by atoms with van der Waals surface area (Å²) in [7, 11) is 0. The van der Waals surface area contributed by atoms with Crippen molar-refractivity contribution in [2.45, 2.75) is 13.0 Å². The fraction of sp³-hybridized carbons (Fsp3) is 0.286. The van der Waals surface area contributed by atoms with Gasteiger partial charge in [0.1, 0.15) is 11.4 Å². The number of nitrogens with two attached hydrogens (primary N) is 1. The largest absolute Gasteiger partial charge is 0.492 e. The lowest BCUT2D eigenvalue weighted by molar-refractivity contribution is 0.103. The molecule has 2 heterocycles. The molecule has 0 amide bonds. The number of ketones is 1. The standard InChI is InChI=1S/C14H15N3O2/c15-5-6-17-8-12(16-9-17)13(18)11-3-1-2-10-4-7-19-14(10)11/h1-3,8-9H,4-7,15H2. The van der Waals surface area contributed by atoms with Gasteiger partial charge >= 0.3 is 0 Å². The minimum absolute atomic E-state index is 0.102. The van der Waals surface area contributed by atoms with Crippen LogP contribution in [-0.2, 0) is 13.0 Å². The molecule has 2 aromatic rings. The molecule has 1 aromatic heterocycles. The zero-order valence-corrected chi connectivity index (χ0v) is 10.5. The second-order valence-electron chi connectivity index (χ2n) is 4.51. The van der Waals surface area contributed by atoms with Gasteiger partial charge in [-0.15, -0.1) is 0 Å². The fourth-order valence-electron chi connectivity index (χ4n) is 2.28. The van der Waals surface area contributed by atoms with Gasteiger partial charge < -0.3 is 15.0 Å². The minimum atomic E-state index is -0.102. The topological polar surface area (TPSA) is 70.1 Å². The summed E-state index contributed by atoms with van der Waals surface area (Å²) in [6, 6.07) is 5.66. The molecule has 1 aliphatic rings. The molecule has 5 heteroatoms. The van der Waals surface area contributed by atoms with Crippen molar-refractivity contribution >= 4 is 5.78 Å². The highest BCUT2D eigenvalue weighted by molar-refractivity contribution is 6.09. The molecule has 0 bridgehead atoms. The Morgan fingerprint density at radius 1 is 1.47 bits per heavy atom. The SMILES string of the molecule is NCCn1cnc(C(=O)c2cccc3c2OCC3)c1. The molecule has 0 unspecified atom stereocenters. The van der Waals surface area contributed by atoms with Crippen molar-refractivity contribution in [2.75, 3.05) is 13.2 Å². The number of hydrogen-bond acceptors (Lipinski definition) is 4. The summed E-state index contributed by atoms with van der Waals surface area (Å²) in [5, 5.41) is 0. The van der Waals surface area contributed by atoms with Crippen LogP contribution in [0.2, 0.25) is 0 Å². The molecule has 5 nitrogen and oxygen atoms in total. The molecule has 2 N–H and O–H groups in total. The lowest BCUT2D eigenvalue weighted by atomic mass is 10.0. The summed E-state index contributed by atoms with van der Waals surface area (Å²) in [6.07, 6.45) is 4.21. The molecule has 0 fully saturated rings. The summed E-state index contributed by atoms with van der Waals surface area (Å²) in [5.41, 5.74) is 7.59. The lowest BCUT2D eigenvalue weighted by Gasteiger charge is -2.05. The van der Waals surface area contributed by atoms with Gasteiger partial charge in [-0.3, -0.25) is 4.79 Å². The van der Waals surface area contributed by atoms with E-state index in [0.29, 0.717) is 36.7 Å². The van der Waals surface area contributed by atoms with Crippen molar-refractivity contribution in [1.82, 2.24) is 9.55 Å². The first kappa shape index (κ1) is 11.9. The maximum Gasteiger partial charge on any atom is 0.216 e. The van der Waals surface area contributed by atoms with Crippen LogP contribution in [0.4, 0.5) is 0 Å². The molecule has 0 atom stereocenters. The van der Waals surface area contributed by atoms with Gasteiger partial charge in [-0.2, -0.15) is 0 Å². The fourth-order valence-corrected chi connectivity index (χ4v) is 2.28. The van der Waals surface area contributed by atoms with Gasteiger partial charge in [0.15, 0.2) is 0 Å². The normalized spacial score (nSPS) is 13.1. The molecule has 3 rings (SSSR count). The van der Waals surface area contributed by atoms with E-state index in [0.717, 1.165) is 12.0 Å². The molecule has 98 valence electrons. The number of benzene rings is 1. The van der Waals surface area contributed by atoms with Crippen molar-refractivity contribution in [3.63, 3.8) is 0 Å². The van der Waals surface area contributed by atoms with Gasteiger partial charge in [0.05, 0.1) is 18.5 Å². The monoisotopic (exact) mass is 257 g/mol. The van der Waals surface area contributed by atoms with Crippen LogP contribution in [0.15, 0.2) is 30.7 Å². The second kappa shape index (κ2) is 4.85. The zero-order chi connectivity index (χ0) is 13.2. The molecule has 0 radical (unpaired) electrons. The smallest absolute Gasteiger partial charge is 0.216 e. The van der Waals surface area contributed by atoms with Gasteiger partial charge in [-0.1, -0.05) is 12.1 Å². The summed E-state index contributed by atoms with van der Waals surface area (Å²) in [4.78, 5) is 16.6. The number of rotatable bonds is 4. The molecule has 0 spiro atoms. The number of ether oxygens (including phenoxy) is 1. The van der Waals surface area contributed by atoms with Crippen molar-refractivity contribution in [3.05, 3.63) is 47.5 Å². The predicted molar refractivity (Wildman–Crippen MR) is 70.4 cm³/mol. The Hall–Kier alpha value is -2.14. The number of imidazole rings is 1. The van der Waals surface area contributed by atoms with E-state index in [-0.39, 0.29) is 5.78 Å². The van der Waals surface area contributed by atoms with E-state index >= 15 is 0 Å². The maximum absolute atomic E-state index is 12.4. The van der Waals surface area contributed by atoms with Crippen molar-refractivity contribution in [1.29, 1.82) is 0 Å². The zero-order valence-electron chi connectivity index (χ0n) is 10.5. The number of para-hydroxylation sites is 1. The molecule has 0 aliphatic carbocycles. The quantitative estimate of drug-likeness (QED) is 0.830. The first-order valence-corrected chi connectivity index (χ1v) is 6.31. The lowest BCUT2D eigenvalue weighted by Crippen LogP contribution is -2.08. The number of nitrogens with zero attached hydrogens (tertiary/aromatic N) is 2. The van der Waals surface area contributed by atoms with E-state index in [1.54, 1.807) is 18.6 Å². The van der Waals surface area contributed by atoms with Gasteiger partial charge in [0.25, 0.3) is 0 Å². The van der Waals surface area contributed by atoms with Crippen LogP contribution in [0.1, 0.15) is 21.6 Å². The maximum atomic E-state index is 12.4. The number of hydrogen-bond donors (Lipinski definition) is 1. The third kappa shape index (κ3) is 2.13. The molecule has 0 saturated carbocycles. The molecular formula is C14H15N3O2. The molecule has 1 aliphatic heterocycles. The van der Waals surface area contributed by atoms with Crippen molar-refractivity contribution in [2.24, 2.45) is 5.73 Å². The van der Waals surface area contributed by atoms with Crippen molar-refractivity contribution < 1.29 is 9.53 Å². The number of carbonyl (C=O) groups excluding carboxylic acids is 1. The third-order valence-electron chi connectivity index (χ3n) is 3.21. The minimum Gasteiger partial charge on any atom is -0.492 e. The van der Waals surface area contributed by atoms with Crippen LogP contribution in [0.3, 0.4) is 0 Å². The van der Waals surface area contributed by atoms with E-state index in [4.69, 9.17) is 10.5 Å². The van der Waals surface area contributed by atoms with Crippen LogP contribution in [-0.4, -0.2) is 28.5 Å². The summed E-state index contributed by atoms with van der Waals surface area (Å²) in [6.45, 7) is 1.82. The molecule has 19 heavy (non-hydrogen) atoms. The summed E-state index contributed by atoms with van der Waals surface area (Å²) < 4.78 is 7.37. The van der Waals surface area contributed by atoms with E-state index in [1.807, 2.05) is 16.7 Å². The Kier molecular flexibility index (Phi) is 3.05. The Morgan fingerprint density at radius 2 is 2.37 bits per heavy atom. The first-order chi connectivity index (χ1) is 9.29. The van der Waals surface area contributed by atoms with Crippen LogP contribution in [0.5, 0.6) is 5.75 Å². The van der Waals surface area contributed by atoms with Crippen LogP contribution < -0.4 is 10.5 Å². The number of aromatic nitrogens is 2. The van der Waals surface area contributed by atoms with Crippen molar-refractivity contribution in [3.8, 4) is 5.75 Å². The predicted octanol–water partition coefficient (Wildman–Crippen LogP) is 1.01. The Labute approximate surface area is 111 Å². The Bertz CT molecular complexity index is 619. The third-order valence-corrected chi connectivity index (χ3v) is 3.21. The Balaban J connectivity index is 1.93. The van der Waals surface area contributed by atoms with Crippen LogP contribution in [0, 0.1) is 0 Å². The number of fused-ring (bicyclic) bond motifs is 1. The van der Waals surface area contributed by atoms with E-state index in [9.17, 15) is 4.79 Å². The van der Waals surface area contributed by atoms with E-state index in [2.05, 4.69) is 4.98 Å². The molecular weight excluding hydrogens is 242 g/mol. The van der Waals surface area contributed by atoms with Crippen LogP contribution >= 0.6 is 0 Å². The van der Waals surface area contributed by atoms with E-state index < -0.39 is 0 Å². The van der Waals surface area contributed by atoms with E-state index in [1.165, 1.54) is 0 Å². The van der Waals surface area contributed by atoms with Gasteiger partial charge in [-0.25, -0.2) is 4.98 Å². The summed E-state index contributed by atoms with van der Waals surface area (Å²) in [5.74, 6) is 0.607. The number of carbonyl (C=O) groups is 1. The Morgan fingerprint density at radius 3 is 3.21 bits per heavy atom. The molecule has 0 saturated heterocycles. The molecule has 1 aromatic carbocycles. The second-order valence-corrected chi connectivity index (χ2v) is 4.51. The highest BCUT2D eigenvalue weighted by atomic mass is 16.5. The van der Waals surface area contributed by atoms with Crippen LogP contribution in [0.25, 0.3) is 0 Å². The average molecular weight is 257 g/mol. The highest BCUT2D eigenvalue weighted by Crippen LogP contribution is 2.30. The summed E-state index contributed by atoms with van der Waals surface area (Å²) >= 11 is 0. The average Bonchev–Trinajstić information content (AvgIpc) is 3.06.